The van der Waals surface area contributed by atoms with Crippen molar-refractivity contribution in [1.29, 1.82) is 0 Å². The molecular weight excluding hydrogens is 302 g/mol. The van der Waals surface area contributed by atoms with E-state index in [-0.39, 0.29) is 24.1 Å². The predicted molar refractivity (Wildman–Crippen MR) is 80.7 cm³/mol. The fraction of sp³-hybridized carbons (Fsp3) is 0.533. The summed E-state index contributed by atoms with van der Waals surface area (Å²) in [6.45, 7) is 2.47. The number of amides is 3. The molecule has 126 valence electrons. The van der Waals surface area contributed by atoms with E-state index in [1.165, 1.54) is 6.26 Å². The molecule has 1 saturated heterocycles. The SMILES string of the molecule is COCCNC(=O)CC(=O)N1CCN(C(=O)c2ccco2)CC1. The van der Waals surface area contributed by atoms with Gasteiger partial charge in [0.2, 0.25) is 11.8 Å². The summed E-state index contributed by atoms with van der Waals surface area (Å²) in [5.74, 6) is -0.437. The molecule has 0 bridgehead atoms. The maximum Gasteiger partial charge on any atom is 0.289 e. The van der Waals surface area contributed by atoms with Crippen molar-refractivity contribution < 1.29 is 23.5 Å². The minimum atomic E-state index is -0.318. The van der Waals surface area contributed by atoms with Gasteiger partial charge in [0.1, 0.15) is 6.42 Å². The van der Waals surface area contributed by atoms with Gasteiger partial charge in [0.25, 0.3) is 5.91 Å². The highest BCUT2D eigenvalue weighted by Gasteiger charge is 2.26. The highest BCUT2D eigenvalue weighted by Crippen LogP contribution is 2.10. The Morgan fingerprint density at radius 2 is 1.91 bits per heavy atom. The smallest absolute Gasteiger partial charge is 0.289 e. The van der Waals surface area contributed by atoms with Crippen LogP contribution in [0.4, 0.5) is 0 Å². The van der Waals surface area contributed by atoms with Crippen LogP contribution in [0.25, 0.3) is 0 Å². The molecule has 0 aromatic carbocycles. The number of methoxy groups -OCH3 is 1. The summed E-state index contributed by atoms with van der Waals surface area (Å²) in [6, 6.07) is 3.28. The van der Waals surface area contributed by atoms with E-state index in [0.29, 0.717) is 45.1 Å². The Labute approximate surface area is 134 Å². The zero-order chi connectivity index (χ0) is 16.7. The molecule has 1 aromatic rings. The molecule has 3 amide bonds. The molecule has 2 heterocycles. The Balaban J connectivity index is 1.74. The molecule has 0 radical (unpaired) electrons. The van der Waals surface area contributed by atoms with E-state index < -0.39 is 0 Å². The Kier molecular flexibility index (Phi) is 6.16. The van der Waals surface area contributed by atoms with Gasteiger partial charge in [-0.2, -0.15) is 0 Å². The maximum atomic E-state index is 12.1. The van der Waals surface area contributed by atoms with Crippen molar-refractivity contribution in [2.75, 3.05) is 46.4 Å². The van der Waals surface area contributed by atoms with E-state index in [9.17, 15) is 14.4 Å². The molecule has 0 aliphatic carbocycles. The van der Waals surface area contributed by atoms with Gasteiger partial charge in [-0.15, -0.1) is 0 Å². The summed E-state index contributed by atoms with van der Waals surface area (Å²) in [7, 11) is 1.54. The summed E-state index contributed by atoms with van der Waals surface area (Å²) >= 11 is 0. The zero-order valence-corrected chi connectivity index (χ0v) is 13.1. The first-order valence-corrected chi connectivity index (χ1v) is 7.48. The number of hydrogen-bond acceptors (Lipinski definition) is 5. The van der Waals surface area contributed by atoms with Gasteiger partial charge in [-0.3, -0.25) is 14.4 Å². The second-order valence-corrected chi connectivity index (χ2v) is 5.17. The molecule has 1 fully saturated rings. The van der Waals surface area contributed by atoms with Crippen LogP contribution in [0, 0.1) is 0 Å². The molecule has 1 aliphatic rings. The number of carbonyl (C=O) groups excluding carboxylic acids is 3. The minimum absolute atomic E-state index is 0.181. The fourth-order valence-electron chi connectivity index (χ4n) is 2.32. The van der Waals surface area contributed by atoms with Crippen LogP contribution < -0.4 is 5.32 Å². The third-order valence-electron chi connectivity index (χ3n) is 3.59. The van der Waals surface area contributed by atoms with Crippen molar-refractivity contribution in [3.63, 3.8) is 0 Å². The minimum Gasteiger partial charge on any atom is -0.459 e. The summed E-state index contributed by atoms with van der Waals surface area (Å²) in [4.78, 5) is 39.0. The first kappa shape index (κ1) is 17.0. The van der Waals surface area contributed by atoms with E-state index in [4.69, 9.17) is 9.15 Å². The Bertz CT molecular complexity index is 535. The largest absolute Gasteiger partial charge is 0.459 e. The van der Waals surface area contributed by atoms with Gasteiger partial charge in [-0.05, 0) is 12.1 Å². The molecule has 0 spiro atoms. The molecule has 0 saturated carbocycles. The zero-order valence-electron chi connectivity index (χ0n) is 13.1. The number of carbonyl (C=O) groups is 3. The lowest BCUT2D eigenvalue weighted by molar-refractivity contribution is -0.137. The summed E-state index contributed by atoms with van der Waals surface area (Å²) in [5, 5.41) is 2.61. The van der Waals surface area contributed by atoms with Gasteiger partial charge in [-0.25, -0.2) is 0 Å². The Morgan fingerprint density at radius 1 is 1.22 bits per heavy atom. The number of ether oxygens (including phenoxy) is 1. The van der Waals surface area contributed by atoms with E-state index >= 15 is 0 Å². The van der Waals surface area contributed by atoms with E-state index in [0.717, 1.165) is 0 Å². The topological polar surface area (TPSA) is 92.1 Å². The van der Waals surface area contributed by atoms with Crippen molar-refractivity contribution in [1.82, 2.24) is 15.1 Å². The average Bonchev–Trinajstić information content (AvgIpc) is 3.09. The third-order valence-corrected chi connectivity index (χ3v) is 3.59. The molecule has 0 unspecified atom stereocenters. The Morgan fingerprint density at radius 3 is 2.52 bits per heavy atom. The highest BCUT2D eigenvalue weighted by molar-refractivity contribution is 5.97. The van der Waals surface area contributed by atoms with Crippen LogP contribution in [-0.4, -0.2) is 74.0 Å². The van der Waals surface area contributed by atoms with Crippen LogP contribution in [0.15, 0.2) is 22.8 Å². The van der Waals surface area contributed by atoms with E-state index in [1.807, 2.05) is 0 Å². The predicted octanol–water partition coefficient (Wildman–Crippen LogP) is -0.283. The molecule has 8 nitrogen and oxygen atoms in total. The molecule has 1 N–H and O–H groups in total. The number of hydrogen-bond donors (Lipinski definition) is 1. The van der Waals surface area contributed by atoms with Crippen molar-refractivity contribution in [3.8, 4) is 0 Å². The second-order valence-electron chi connectivity index (χ2n) is 5.17. The van der Waals surface area contributed by atoms with Crippen LogP contribution >= 0.6 is 0 Å². The fourth-order valence-corrected chi connectivity index (χ4v) is 2.32. The van der Waals surface area contributed by atoms with Crippen molar-refractivity contribution in [2.45, 2.75) is 6.42 Å². The van der Waals surface area contributed by atoms with Gasteiger partial charge in [-0.1, -0.05) is 0 Å². The molecule has 8 heteroatoms. The van der Waals surface area contributed by atoms with Crippen LogP contribution in [-0.2, 0) is 14.3 Å². The number of nitrogens with zero attached hydrogens (tertiary/aromatic N) is 2. The number of piperazine rings is 1. The second kappa shape index (κ2) is 8.33. The van der Waals surface area contributed by atoms with Gasteiger partial charge in [0, 0.05) is 39.8 Å². The van der Waals surface area contributed by atoms with Crippen molar-refractivity contribution in [2.24, 2.45) is 0 Å². The Hall–Kier alpha value is -2.35. The normalized spacial score (nSPS) is 14.7. The average molecular weight is 323 g/mol. The number of nitrogens with one attached hydrogen (secondary N) is 1. The standard InChI is InChI=1S/C15H21N3O5/c1-22-10-4-16-13(19)11-14(20)17-5-7-18(8-6-17)15(21)12-3-2-9-23-12/h2-3,9H,4-8,10-11H2,1H3,(H,16,19). The molecule has 2 rings (SSSR count). The molecule has 23 heavy (non-hydrogen) atoms. The number of rotatable bonds is 6. The van der Waals surface area contributed by atoms with Crippen molar-refractivity contribution in [3.05, 3.63) is 24.2 Å². The molecule has 1 aromatic heterocycles. The molecular formula is C15H21N3O5. The van der Waals surface area contributed by atoms with E-state index in [2.05, 4.69) is 5.32 Å². The van der Waals surface area contributed by atoms with Gasteiger partial charge < -0.3 is 24.3 Å². The summed E-state index contributed by atoms with van der Waals surface area (Å²) in [5.41, 5.74) is 0. The maximum absolute atomic E-state index is 12.1. The first-order valence-electron chi connectivity index (χ1n) is 7.48. The van der Waals surface area contributed by atoms with Crippen molar-refractivity contribution >= 4 is 17.7 Å². The van der Waals surface area contributed by atoms with Crippen LogP contribution in [0.3, 0.4) is 0 Å². The summed E-state index contributed by atoms with van der Waals surface area (Å²) < 4.78 is 9.91. The van der Waals surface area contributed by atoms with Crippen LogP contribution in [0.5, 0.6) is 0 Å². The van der Waals surface area contributed by atoms with Crippen LogP contribution in [0.2, 0.25) is 0 Å². The highest BCUT2D eigenvalue weighted by atomic mass is 16.5. The molecule has 0 atom stereocenters. The lowest BCUT2D eigenvalue weighted by atomic mass is 10.2. The first-order chi connectivity index (χ1) is 11.1. The monoisotopic (exact) mass is 323 g/mol. The quantitative estimate of drug-likeness (QED) is 0.574. The van der Waals surface area contributed by atoms with Gasteiger partial charge in [0.15, 0.2) is 5.76 Å². The lowest BCUT2D eigenvalue weighted by Gasteiger charge is -2.34. The molecule has 1 aliphatic heterocycles. The lowest BCUT2D eigenvalue weighted by Crippen LogP contribution is -2.51. The van der Waals surface area contributed by atoms with E-state index in [1.54, 1.807) is 29.0 Å². The summed E-state index contributed by atoms with van der Waals surface area (Å²) in [6.07, 6.45) is 1.27. The number of furan rings is 1. The van der Waals surface area contributed by atoms with Crippen LogP contribution in [0.1, 0.15) is 17.0 Å². The third kappa shape index (κ3) is 4.82. The van der Waals surface area contributed by atoms with Gasteiger partial charge in [0.05, 0.1) is 12.9 Å². The van der Waals surface area contributed by atoms with Gasteiger partial charge >= 0.3 is 0 Å².